The summed E-state index contributed by atoms with van der Waals surface area (Å²) >= 11 is 0. The number of aliphatic hydroxyl groups excluding tert-OH is 1. The number of hydrogen-bond acceptors (Lipinski definition) is 2. The molecule has 1 atom stereocenters. The average molecular weight is 262 g/mol. The highest BCUT2D eigenvalue weighted by Crippen LogP contribution is 2.38. The molecule has 0 saturated heterocycles. The molecule has 1 aromatic carbocycles. The monoisotopic (exact) mass is 262 g/mol. The van der Waals surface area contributed by atoms with E-state index in [9.17, 15) is 5.11 Å². The van der Waals surface area contributed by atoms with Crippen LogP contribution in [0.4, 0.5) is 0 Å². The third-order valence-electron chi connectivity index (χ3n) is 4.56. The highest BCUT2D eigenvalue weighted by molar-refractivity contribution is 5.38. The molecule has 1 aliphatic carbocycles. The second-order valence-electron chi connectivity index (χ2n) is 5.85. The maximum Gasteiger partial charge on any atom is 0.0852 e. The summed E-state index contributed by atoms with van der Waals surface area (Å²) in [5.41, 5.74) is 4.75. The molecule has 1 N–H and O–H groups in total. The van der Waals surface area contributed by atoms with E-state index in [1.807, 2.05) is 0 Å². The van der Waals surface area contributed by atoms with Gasteiger partial charge in [0.1, 0.15) is 0 Å². The number of methoxy groups -OCH3 is 1. The van der Waals surface area contributed by atoms with Crippen LogP contribution in [0.2, 0.25) is 0 Å². The highest BCUT2D eigenvalue weighted by Gasteiger charge is 2.26. The van der Waals surface area contributed by atoms with Crippen molar-refractivity contribution in [3.8, 4) is 0 Å². The van der Waals surface area contributed by atoms with Crippen molar-refractivity contribution in [1.82, 2.24) is 0 Å². The van der Waals surface area contributed by atoms with Gasteiger partial charge in [-0.2, -0.15) is 0 Å². The molecule has 19 heavy (non-hydrogen) atoms. The lowest BCUT2D eigenvalue weighted by Crippen LogP contribution is -2.19. The van der Waals surface area contributed by atoms with Crippen LogP contribution < -0.4 is 0 Å². The SMILES string of the molecule is COC(c1cc(C)c(C)cc1CO)C1CCCCC1. The average Bonchev–Trinajstić information content (AvgIpc) is 2.44. The molecule has 0 aromatic heterocycles. The molecule has 2 rings (SSSR count). The van der Waals surface area contributed by atoms with Crippen LogP contribution in [-0.2, 0) is 11.3 Å². The minimum Gasteiger partial charge on any atom is -0.392 e. The summed E-state index contributed by atoms with van der Waals surface area (Å²) in [7, 11) is 1.80. The van der Waals surface area contributed by atoms with Crippen molar-refractivity contribution in [2.24, 2.45) is 5.92 Å². The molecule has 0 radical (unpaired) electrons. The van der Waals surface area contributed by atoms with Crippen LogP contribution in [-0.4, -0.2) is 12.2 Å². The van der Waals surface area contributed by atoms with E-state index in [1.165, 1.54) is 48.8 Å². The van der Waals surface area contributed by atoms with E-state index in [4.69, 9.17) is 4.74 Å². The number of aliphatic hydroxyl groups is 1. The van der Waals surface area contributed by atoms with E-state index in [0.717, 1.165) is 5.56 Å². The molecule has 1 fully saturated rings. The quantitative estimate of drug-likeness (QED) is 0.886. The first-order valence-electron chi connectivity index (χ1n) is 7.41. The van der Waals surface area contributed by atoms with Crippen LogP contribution in [0.1, 0.15) is 60.5 Å². The van der Waals surface area contributed by atoms with Crippen LogP contribution in [0.15, 0.2) is 12.1 Å². The molecule has 1 unspecified atom stereocenters. The predicted molar refractivity (Wildman–Crippen MR) is 78.2 cm³/mol. The minimum absolute atomic E-state index is 0.100. The normalized spacial score (nSPS) is 18.5. The van der Waals surface area contributed by atoms with Crippen molar-refractivity contribution >= 4 is 0 Å². The molecular formula is C17H26O2. The van der Waals surface area contributed by atoms with Crippen molar-refractivity contribution in [2.45, 2.75) is 58.7 Å². The van der Waals surface area contributed by atoms with Crippen molar-refractivity contribution in [3.63, 3.8) is 0 Å². The molecule has 1 aromatic rings. The van der Waals surface area contributed by atoms with Gasteiger partial charge in [0.25, 0.3) is 0 Å². The van der Waals surface area contributed by atoms with Gasteiger partial charge in [0.2, 0.25) is 0 Å². The Kier molecular flexibility index (Phi) is 5.00. The Hall–Kier alpha value is -0.860. The number of benzene rings is 1. The smallest absolute Gasteiger partial charge is 0.0852 e. The number of ether oxygens (including phenoxy) is 1. The van der Waals surface area contributed by atoms with Gasteiger partial charge in [-0.3, -0.25) is 0 Å². The van der Waals surface area contributed by atoms with E-state index >= 15 is 0 Å². The molecule has 2 nitrogen and oxygen atoms in total. The minimum atomic E-state index is 0.100. The fourth-order valence-electron chi connectivity index (χ4n) is 3.31. The first kappa shape index (κ1) is 14.5. The van der Waals surface area contributed by atoms with Gasteiger partial charge >= 0.3 is 0 Å². The zero-order valence-corrected chi connectivity index (χ0v) is 12.4. The van der Waals surface area contributed by atoms with Crippen LogP contribution >= 0.6 is 0 Å². The lowest BCUT2D eigenvalue weighted by atomic mass is 9.81. The van der Waals surface area contributed by atoms with Gasteiger partial charge in [0.15, 0.2) is 0 Å². The van der Waals surface area contributed by atoms with Gasteiger partial charge < -0.3 is 9.84 Å². The summed E-state index contributed by atoms with van der Waals surface area (Å²) in [6.45, 7) is 4.33. The second kappa shape index (κ2) is 6.53. The van der Waals surface area contributed by atoms with Crippen molar-refractivity contribution < 1.29 is 9.84 Å². The summed E-state index contributed by atoms with van der Waals surface area (Å²) < 4.78 is 5.80. The van der Waals surface area contributed by atoms with E-state index < -0.39 is 0 Å². The van der Waals surface area contributed by atoms with Gasteiger partial charge in [-0.25, -0.2) is 0 Å². The van der Waals surface area contributed by atoms with Crippen LogP contribution in [0, 0.1) is 19.8 Å². The molecule has 0 aliphatic heterocycles. The molecule has 0 amide bonds. The van der Waals surface area contributed by atoms with E-state index in [0.29, 0.717) is 5.92 Å². The van der Waals surface area contributed by atoms with Crippen LogP contribution in [0.3, 0.4) is 0 Å². The lowest BCUT2D eigenvalue weighted by Gasteiger charge is -2.31. The largest absolute Gasteiger partial charge is 0.392 e. The standard InChI is InChI=1S/C17H26O2/c1-12-9-15(11-18)16(10-13(12)2)17(19-3)14-7-5-4-6-8-14/h9-10,14,17-18H,4-8,11H2,1-3H3. The summed E-state index contributed by atoms with van der Waals surface area (Å²) in [4.78, 5) is 0. The molecule has 1 aliphatic rings. The third-order valence-corrected chi connectivity index (χ3v) is 4.56. The molecule has 2 heteroatoms. The zero-order valence-electron chi connectivity index (χ0n) is 12.4. The fourth-order valence-corrected chi connectivity index (χ4v) is 3.31. The Morgan fingerprint density at radius 3 is 2.37 bits per heavy atom. The molecule has 0 bridgehead atoms. The first-order chi connectivity index (χ1) is 9.17. The zero-order chi connectivity index (χ0) is 13.8. The molecule has 1 saturated carbocycles. The van der Waals surface area contributed by atoms with E-state index in [-0.39, 0.29) is 12.7 Å². The predicted octanol–water partition coefficient (Wildman–Crippen LogP) is 4.06. The maximum atomic E-state index is 9.62. The van der Waals surface area contributed by atoms with Crippen molar-refractivity contribution in [1.29, 1.82) is 0 Å². The summed E-state index contributed by atoms with van der Waals surface area (Å²) in [6, 6.07) is 4.32. The number of aryl methyl sites for hydroxylation is 2. The third kappa shape index (κ3) is 3.18. The summed E-state index contributed by atoms with van der Waals surface area (Å²) in [5, 5.41) is 9.62. The van der Waals surface area contributed by atoms with Crippen molar-refractivity contribution in [2.75, 3.05) is 7.11 Å². The van der Waals surface area contributed by atoms with Gasteiger partial charge in [-0.15, -0.1) is 0 Å². The molecule has 106 valence electrons. The molecular weight excluding hydrogens is 236 g/mol. The first-order valence-corrected chi connectivity index (χ1v) is 7.41. The van der Waals surface area contributed by atoms with Crippen molar-refractivity contribution in [3.05, 3.63) is 34.4 Å². The Labute approximate surface area is 116 Å². The summed E-state index contributed by atoms with van der Waals surface area (Å²) in [5.74, 6) is 0.603. The van der Waals surface area contributed by atoms with Gasteiger partial charge in [0.05, 0.1) is 12.7 Å². The second-order valence-corrected chi connectivity index (χ2v) is 5.85. The maximum absolute atomic E-state index is 9.62. The molecule has 0 spiro atoms. The van der Waals surface area contributed by atoms with E-state index in [2.05, 4.69) is 26.0 Å². The van der Waals surface area contributed by atoms with Gasteiger partial charge in [-0.05, 0) is 54.9 Å². The Bertz CT molecular complexity index is 420. The lowest BCUT2D eigenvalue weighted by molar-refractivity contribution is 0.0339. The topological polar surface area (TPSA) is 29.5 Å². The van der Waals surface area contributed by atoms with Gasteiger partial charge in [0, 0.05) is 7.11 Å². The Morgan fingerprint density at radius 1 is 1.16 bits per heavy atom. The fraction of sp³-hybridized carbons (Fsp3) is 0.647. The Morgan fingerprint density at radius 2 is 1.79 bits per heavy atom. The van der Waals surface area contributed by atoms with Crippen LogP contribution in [0.5, 0.6) is 0 Å². The molecule has 0 heterocycles. The number of hydrogen-bond donors (Lipinski definition) is 1. The highest BCUT2D eigenvalue weighted by atomic mass is 16.5. The number of rotatable bonds is 4. The van der Waals surface area contributed by atoms with E-state index in [1.54, 1.807) is 7.11 Å². The van der Waals surface area contributed by atoms with Crippen LogP contribution in [0.25, 0.3) is 0 Å². The van der Waals surface area contributed by atoms with Gasteiger partial charge in [-0.1, -0.05) is 31.4 Å². The summed E-state index contributed by atoms with van der Waals surface area (Å²) in [6.07, 6.45) is 6.61. The Balaban J connectivity index is 2.33.